The molecule has 3 aromatic carbocycles. The summed E-state index contributed by atoms with van der Waals surface area (Å²) in [5, 5.41) is 13.9. The Morgan fingerprint density at radius 3 is 2.46 bits per heavy atom. The van der Waals surface area contributed by atoms with Crippen LogP contribution in [0.5, 0.6) is 5.75 Å². The fourth-order valence-corrected chi connectivity index (χ4v) is 4.56. The van der Waals surface area contributed by atoms with Gasteiger partial charge in [0.05, 0.1) is 39.9 Å². The van der Waals surface area contributed by atoms with Crippen LogP contribution >= 0.6 is 35.0 Å². The fourth-order valence-electron chi connectivity index (χ4n) is 3.41. The summed E-state index contributed by atoms with van der Waals surface area (Å²) in [7, 11) is 1.60. The quantitative estimate of drug-likeness (QED) is 0.258. The smallest absolute Gasteiger partial charge is 0.234 e. The standard InChI is InChI=1S/C27H19Cl2N3O2S/c1-34-19-12-10-17(11-13-19)20-14-24(18-6-3-2-4-7-18)32-27(21(20)15-30)35-16-25(33)31-23-9-5-8-22(28)26(23)29/h2-14H,16H2,1H3,(H,31,33). The molecule has 1 heterocycles. The first-order valence-electron chi connectivity index (χ1n) is 10.5. The van der Waals surface area contributed by atoms with E-state index in [1.165, 1.54) is 11.8 Å². The molecule has 0 aliphatic heterocycles. The summed E-state index contributed by atoms with van der Waals surface area (Å²) in [5.74, 6) is 0.460. The molecule has 5 nitrogen and oxygen atoms in total. The number of nitriles is 1. The van der Waals surface area contributed by atoms with Crippen molar-refractivity contribution in [3.8, 4) is 34.2 Å². The third-order valence-electron chi connectivity index (χ3n) is 5.13. The number of anilines is 1. The van der Waals surface area contributed by atoms with Gasteiger partial charge in [-0.1, -0.05) is 83.5 Å². The molecule has 0 unspecified atom stereocenters. The molecular formula is C27H19Cl2N3O2S. The van der Waals surface area contributed by atoms with Gasteiger partial charge in [-0.25, -0.2) is 4.98 Å². The van der Waals surface area contributed by atoms with Crippen LogP contribution in [0.4, 0.5) is 5.69 Å². The zero-order chi connectivity index (χ0) is 24.8. The number of nitrogens with one attached hydrogen (secondary N) is 1. The lowest BCUT2D eigenvalue weighted by atomic mass is 9.99. The van der Waals surface area contributed by atoms with Crippen molar-refractivity contribution in [2.45, 2.75) is 5.03 Å². The first kappa shape index (κ1) is 24.6. The van der Waals surface area contributed by atoms with Gasteiger partial charge in [0.2, 0.25) is 5.91 Å². The molecule has 1 aromatic heterocycles. The van der Waals surface area contributed by atoms with Crippen LogP contribution in [0.3, 0.4) is 0 Å². The highest BCUT2D eigenvalue weighted by molar-refractivity contribution is 8.00. The van der Waals surface area contributed by atoms with Crippen LogP contribution < -0.4 is 10.1 Å². The number of thioether (sulfide) groups is 1. The van der Waals surface area contributed by atoms with Crippen LogP contribution in [0, 0.1) is 11.3 Å². The predicted octanol–water partition coefficient (Wildman–Crippen LogP) is 7.33. The zero-order valence-electron chi connectivity index (χ0n) is 18.6. The molecule has 0 atom stereocenters. The van der Waals surface area contributed by atoms with Crippen molar-refractivity contribution >= 4 is 46.6 Å². The molecule has 0 bridgehead atoms. The summed E-state index contributed by atoms with van der Waals surface area (Å²) in [5.41, 5.74) is 4.01. The maximum Gasteiger partial charge on any atom is 0.234 e. The van der Waals surface area contributed by atoms with Gasteiger partial charge in [0.25, 0.3) is 0 Å². The molecule has 0 aliphatic rings. The van der Waals surface area contributed by atoms with E-state index in [1.807, 2.05) is 60.7 Å². The van der Waals surface area contributed by atoms with Gasteiger partial charge in [-0.3, -0.25) is 4.79 Å². The molecule has 1 amide bonds. The number of nitrogens with zero attached hydrogens (tertiary/aromatic N) is 2. The Morgan fingerprint density at radius 1 is 1.03 bits per heavy atom. The van der Waals surface area contributed by atoms with E-state index < -0.39 is 0 Å². The maximum absolute atomic E-state index is 12.7. The molecular weight excluding hydrogens is 501 g/mol. The minimum absolute atomic E-state index is 0.0326. The van der Waals surface area contributed by atoms with Crippen molar-refractivity contribution in [1.82, 2.24) is 4.98 Å². The van der Waals surface area contributed by atoms with Gasteiger partial charge < -0.3 is 10.1 Å². The molecule has 0 aliphatic carbocycles. The summed E-state index contributed by atoms with van der Waals surface area (Å²) < 4.78 is 5.26. The normalized spacial score (nSPS) is 10.5. The number of pyridine rings is 1. The minimum Gasteiger partial charge on any atom is -0.497 e. The number of amides is 1. The number of hydrogen-bond donors (Lipinski definition) is 1. The van der Waals surface area contributed by atoms with Crippen molar-refractivity contribution in [2.24, 2.45) is 0 Å². The maximum atomic E-state index is 12.7. The van der Waals surface area contributed by atoms with Crippen LogP contribution in [0.15, 0.2) is 83.9 Å². The number of rotatable bonds is 7. The Balaban J connectivity index is 1.68. The van der Waals surface area contributed by atoms with Crippen LogP contribution in [-0.4, -0.2) is 23.8 Å². The van der Waals surface area contributed by atoms with Crippen molar-refractivity contribution in [3.05, 3.63) is 94.5 Å². The second-order valence-electron chi connectivity index (χ2n) is 7.38. The summed E-state index contributed by atoms with van der Waals surface area (Å²) in [6.07, 6.45) is 0. The summed E-state index contributed by atoms with van der Waals surface area (Å²) >= 11 is 13.4. The predicted molar refractivity (Wildman–Crippen MR) is 142 cm³/mol. The highest BCUT2D eigenvalue weighted by Crippen LogP contribution is 2.35. The SMILES string of the molecule is COc1ccc(-c2cc(-c3ccccc3)nc(SCC(=O)Nc3cccc(Cl)c3Cl)c2C#N)cc1. The van der Waals surface area contributed by atoms with Gasteiger partial charge in [-0.15, -0.1) is 0 Å². The first-order valence-corrected chi connectivity index (χ1v) is 12.3. The second-order valence-corrected chi connectivity index (χ2v) is 9.13. The zero-order valence-corrected chi connectivity index (χ0v) is 20.9. The van der Waals surface area contributed by atoms with Gasteiger partial charge >= 0.3 is 0 Å². The van der Waals surface area contributed by atoms with Crippen LogP contribution in [0.2, 0.25) is 10.0 Å². The molecule has 174 valence electrons. The number of aromatic nitrogens is 1. The Labute approximate surface area is 217 Å². The van der Waals surface area contributed by atoms with Crippen LogP contribution in [0.1, 0.15) is 5.56 Å². The lowest BCUT2D eigenvalue weighted by Crippen LogP contribution is -2.14. The molecule has 0 saturated heterocycles. The molecule has 1 N–H and O–H groups in total. The lowest BCUT2D eigenvalue weighted by molar-refractivity contribution is -0.113. The highest BCUT2D eigenvalue weighted by Gasteiger charge is 2.18. The average molecular weight is 520 g/mol. The van der Waals surface area contributed by atoms with E-state index in [0.717, 1.165) is 22.4 Å². The van der Waals surface area contributed by atoms with E-state index in [2.05, 4.69) is 11.4 Å². The van der Waals surface area contributed by atoms with E-state index in [9.17, 15) is 10.1 Å². The van der Waals surface area contributed by atoms with Crippen LogP contribution in [-0.2, 0) is 4.79 Å². The Hall–Kier alpha value is -3.50. The summed E-state index contributed by atoms with van der Waals surface area (Å²) in [6.45, 7) is 0. The van der Waals surface area contributed by atoms with Crippen LogP contribution in [0.25, 0.3) is 22.4 Å². The molecule has 35 heavy (non-hydrogen) atoms. The third kappa shape index (κ3) is 5.77. The molecule has 4 rings (SSSR count). The number of halogens is 2. The van der Waals surface area contributed by atoms with Gasteiger partial charge in [-0.05, 0) is 35.9 Å². The van der Waals surface area contributed by atoms with Crippen molar-refractivity contribution < 1.29 is 9.53 Å². The Morgan fingerprint density at radius 2 is 1.77 bits per heavy atom. The van der Waals surface area contributed by atoms with E-state index in [0.29, 0.717) is 27.0 Å². The molecule has 0 fully saturated rings. The van der Waals surface area contributed by atoms with Crippen molar-refractivity contribution in [1.29, 1.82) is 5.26 Å². The Bertz CT molecular complexity index is 1400. The van der Waals surface area contributed by atoms with Gasteiger partial charge in [0, 0.05) is 11.1 Å². The Kier molecular flexibility index (Phi) is 7.94. The van der Waals surface area contributed by atoms with Gasteiger partial charge in [0.1, 0.15) is 16.8 Å². The monoisotopic (exact) mass is 519 g/mol. The minimum atomic E-state index is -0.291. The second kappa shape index (κ2) is 11.3. The molecule has 0 saturated carbocycles. The van der Waals surface area contributed by atoms with E-state index >= 15 is 0 Å². The van der Waals surface area contributed by atoms with Crippen molar-refractivity contribution in [3.63, 3.8) is 0 Å². The highest BCUT2D eigenvalue weighted by atomic mass is 35.5. The van der Waals surface area contributed by atoms with Crippen molar-refractivity contribution in [2.75, 3.05) is 18.2 Å². The van der Waals surface area contributed by atoms with E-state index in [4.69, 9.17) is 32.9 Å². The number of carbonyl (C=O) groups excluding carboxylic acids is 1. The lowest BCUT2D eigenvalue weighted by Gasteiger charge is -2.13. The summed E-state index contributed by atoms with van der Waals surface area (Å²) in [4.78, 5) is 17.4. The first-order chi connectivity index (χ1) is 17.0. The number of methoxy groups -OCH3 is 1. The number of carbonyl (C=O) groups is 1. The molecule has 8 heteroatoms. The third-order valence-corrected chi connectivity index (χ3v) is 6.93. The largest absolute Gasteiger partial charge is 0.497 e. The number of ether oxygens (including phenoxy) is 1. The fraction of sp³-hybridized carbons (Fsp3) is 0.0741. The topological polar surface area (TPSA) is 75.0 Å². The average Bonchev–Trinajstić information content (AvgIpc) is 2.90. The number of benzene rings is 3. The molecule has 0 spiro atoms. The van der Waals surface area contributed by atoms with E-state index in [1.54, 1.807) is 25.3 Å². The molecule has 4 aromatic rings. The van der Waals surface area contributed by atoms with Gasteiger partial charge in [0.15, 0.2) is 0 Å². The van der Waals surface area contributed by atoms with Gasteiger partial charge in [-0.2, -0.15) is 5.26 Å². The van der Waals surface area contributed by atoms with E-state index in [-0.39, 0.29) is 16.7 Å². The summed E-state index contributed by atoms with van der Waals surface area (Å²) in [6, 6.07) is 26.4. The molecule has 0 radical (unpaired) electrons. The number of hydrogen-bond acceptors (Lipinski definition) is 5.